The Balaban J connectivity index is 1.98. The number of carboxylic acid groups (broad SMARTS) is 1. The van der Waals surface area contributed by atoms with E-state index in [2.05, 4.69) is 4.90 Å². The first-order valence-electron chi connectivity index (χ1n) is 6.32. The van der Waals surface area contributed by atoms with E-state index < -0.39 is 5.97 Å². The first-order chi connectivity index (χ1) is 8.72. The van der Waals surface area contributed by atoms with Crippen LogP contribution in [-0.4, -0.2) is 37.9 Å². The first kappa shape index (κ1) is 12.9. The predicted octanol–water partition coefficient (Wildman–Crippen LogP) is 2.17. The van der Waals surface area contributed by atoms with E-state index >= 15 is 0 Å². The Morgan fingerprint density at radius 2 is 2.28 bits per heavy atom. The van der Waals surface area contributed by atoms with Gasteiger partial charge in [-0.05, 0) is 43.0 Å². The van der Waals surface area contributed by atoms with Gasteiger partial charge in [0.2, 0.25) is 0 Å². The molecule has 4 heteroatoms. The Morgan fingerprint density at radius 1 is 1.44 bits per heavy atom. The number of aromatic carboxylic acids is 1. The van der Waals surface area contributed by atoms with Crippen LogP contribution in [0.25, 0.3) is 0 Å². The highest BCUT2D eigenvalue weighted by Crippen LogP contribution is 2.29. The molecule has 1 aliphatic heterocycles. The van der Waals surface area contributed by atoms with Crippen molar-refractivity contribution < 1.29 is 14.6 Å². The molecule has 0 saturated heterocycles. The van der Waals surface area contributed by atoms with Crippen molar-refractivity contribution in [1.82, 2.24) is 0 Å². The van der Waals surface area contributed by atoms with Gasteiger partial charge in [-0.3, -0.25) is 0 Å². The number of methoxy groups -OCH3 is 1. The lowest BCUT2D eigenvalue weighted by Gasteiger charge is -2.19. The maximum Gasteiger partial charge on any atom is 0.335 e. The Labute approximate surface area is 107 Å². The van der Waals surface area contributed by atoms with Crippen molar-refractivity contribution in [2.24, 2.45) is 0 Å². The standard InChI is InChI=1S/C14H19NO3/c1-18-9-3-2-7-15-8-6-11-10-12(14(16)17)4-5-13(11)15/h4-5,10H,2-3,6-9H2,1H3,(H,16,17). The fourth-order valence-electron chi connectivity index (χ4n) is 2.38. The smallest absolute Gasteiger partial charge is 0.335 e. The lowest BCUT2D eigenvalue weighted by molar-refractivity contribution is 0.0697. The van der Waals surface area contributed by atoms with Gasteiger partial charge in [0.15, 0.2) is 0 Å². The number of nitrogens with zero attached hydrogens (tertiary/aromatic N) is 1. The minimum atomic E-state index is -0.851. The minimum absolute atomic E-state index is 0.384. The van der Waals surface area contributed by atoms with E-state index in [4.69, 9.17) is 9.84 Å². The molecule has 0 amide bonds. The van der Waals surface area contributed by atoms with Gasteiger partial charge in [-0.1, -0.05) is 0 Å². The monoisotopic (exact) mass is 249 g/mol. The van der Waals surface area contributed by atoms with E-state index in [1.807, 2.05) is 6.07 Å². The van der Waals surface area contributed by atoms with Gasteiger partial charge in [-0.2, -0.15) is 0 Å². The van der Waals surface area contributed by atoms with Gasteiger partial charge in [0.25, 0.3) is 0 Å². The first-order valence-corrected chi connectivity index (χ1v) is 6.32. The molecule has 0 spiro atoms. The molecule has 1 aliphatic rings. The summed E-state index contributed by atoms with van der Waals surface area (Å²) in [5, 5.41) is 8.95. The molecular formula is C14H19NO3. The van der Waals surface area contributed by atoms with Crippen LogP contribution in [0.5, 0.6) is 0 Å². The molecule has 18 heavy (non-hydrogen) atoms. The second kappa shape index (κ2) is 5.87. The summed E-state index contributed by atoms with van der Waals surface area (Å²) in [6.07, 6.45) is 3.12. The molecular weight excluding hydrogens is 230 g/mol. The summed E-state index contributed by atoms with van der Waals surface area (Å²) in [6.45, 7) is 2.81. The van der Waals surface area contributed by atoms with Crippen molar-refractivity contribution in [3.05, 3.63) is 29.3 Å². The van der Waals surface area contributed by atoms with Crippen LogP contribution in [0.3, 0.4) is 0 Å². The number of unbranched alkanes of at least 4 members (excludes halogenated alkanes) is 1. The zero-order valence-electron chi connectivity index (χ0n) is 10.7. The van der Waals surface area contributed by atoms with Crippen molar-refractivity contribution in [1.29, 1.82) is 0 Å². The van der Waals surface area contributed by atoms with Crippen LogP contribution in [0, 0.1) is 0 Å². The van der Waals surface area contributed by atoms with Crippen molar-refractivity contribution >= 4 is 11.7 Å². The maximum absolute atomic E-state index is 10.9. The largest absolute Gasteiger partial charge is 0.478 e. The second-order valence-corrected chi connectivity index (χ2v) is 4.59. The zero-order valence-corrected chi connectivity index (χ0v) is 10.7. The zero-order chi connectivity index (χ0) is 13.0. The molecule has 1 aromatic carbocycles. The number of fused-ring (bicyclic) bond motifs is 1. The Morgan fingerprint density at radius 3 is 3.00 bits per heavy atom. The normalized spacial score (nSPS) is 13.7. The quantitative estimate of drug-likeness (QED) is 0.785. The third kappa shape index (κ3) is 2.82. The fraction of sp³-hybridized carbons (Fsp3) is 0.500. The van der Waals surface area contributed by atoms with Crippen LogP contribution in [0.2, 0.25) is 0 Å². The molecule has 0 bridgehead atoms. The van der Waals surface area contributed by atoms with E-state index in [1.54, 1.807) is 19.2 Å². The van der Waals surface area contributed by atoms with Crippen molar-refractivity contribution in [2.45, 2.75) is 19.3 Å². The number of ether oxygens (including phenoxy) is 1. The number of benzene rings is 1. The SMILES string of the molecule is COCCCCN1CCc2cc(C(=O)O)ccc21. The number of hydrogen-bond acceptors (Lipinski definition) is 3. The van der Waals surface area contributed by atoms with Crippen LogP contribution < -0.4 is 4.90 Å². The Bertz CT molecular complexity index is 431. The van der Waals surface area contributed by atoms with Gasteiger partial charge >= 0.3 is 5.97 Å². The van der Waals surface area contributed by atoms with E-state index in [1.165, 1.54) is 5.69 Å². The van der Waals surface area contributed by atoms with Gasteiger partial charge in [-0.25, -0.2) is 4.79 Å². The molecule has 4 nitrogen and oxygen atoms in total. The van der Waals surface area contributed by atoms with Crippen LogP contribution in [0.4, 0.5) is 5.69 Å². The van der Waals surface area contributed by atoms with E-state index in [9.17, 15) is 4.79 Å². The van der Waals surface area contributed by atoms with Gasteiger partial charge in [0.05, 0.1) is 5.56 Å². The summed E-state index contributed by atoms with van der Waals surface area (Å²) in [7, 11) is 1.72. The highest BCUT2D eigenvalue weighted by molar-refractivity contribution is 5.88. The maximum atomic E-state index is 10.9. The van der Waals surface area contributed by atoms with Gasteiger partial charge in [0.1, 0.15) is 0 Å². The third-order valence-electron chi connectivity index (χ3n) is 3.34. The highest BCUT2D eigenvalue weighted by atomic mass is 16.5. The molecule has 0 aliphatic carbocycles. The molecule has 1 N–H and O–H groups in total. The second-order valence-electron chi connectivity index (χ2n) is 4.59. The fourth-order valence-corrected chi connectivity index (χ4v) is 2.38. The summed E-state index contributed by atoms with van der Waals surface area (Å²) < 4.78 is 5.03. The van der Waals surface area contributed by atoms with Gasteiger partial charge < -0.3 is 14.7 Å². The average Bonchev–Trinajstić information content (AvgIpc) is 2.77. The summed E-state index contributed by atoms with van der Waals surface area (Å²) in [5.41, 5.74) is 2.73. The average molecular weight is 249 g/mol. The summed E-state index contributed by atoms with van der Waals surface area (Å²) in [5.74, 6) is -0.851. The molecule has 2 rings (SSSR count). The lowest BCUT2D eigenvalue weighted by atomic mass is 10.1. The van der Waals surface area contributed by atoms with Crippen LogP contribution in [-0.2, 0) is 11.2 Å². The molecule has 0 fully saturated rings. The molecule has 0 radical (unpaired) electrons. The van der Waals surface area contributed by atoms with Crippen molar-refractivity contribution in [2.75, 3.05) is 31.7 Å². The van der Waals surface area contributed by atoms with E-state index in [-0.39, 0.29) is 0 Å². The number of rotatable bonds is 6. The number of anilines is 1. The summed E-state index contributed by atoms with van der Waals surface area (Å²) in [6, 6.07) is 5.42. The van der Waals surface area contributed by atoms with Crippen molar-refractivity contribution in [3.8, 4) is 0 Å². The Kier molecular flexibility index (Phi) is 4.20. The minimum Gasteiger partial charge on any atom is -0.478 e. The van der Waals surface area contributed by atoms with E-state index in [0.29, 0.717) is 5.56 Å². The number of carbonyl (C=O) groups is 1. The summed E-state index contributed by atoms with van der Waals surface area (Å²) in [4.78, 5) is 13.2. The van der Waals surface area contributed by atoms with Gasteiger partial charge in [0, 0.05) is 32.5 Å². The van der Waals surface area contributed by atoms with Gasteiger partial charge in [-0.15, -0.1) is 0 Å². The molecule has 1 aromatic rings. The predicted molar refractivity (Wildman–Crippen MR) is 70.4 cm³/mol. The molecule has 0 aromatic heterocycles. The molecule has 0 unspecified atom stereocenters. The molecule has 0 atom stereocenters. The molecule has 98 valence electrons. The van der Waals surface area contributed by atoms with E-state index in [0.717, 1.165) is 44.5 Å². The third-order valence-corrected chi connectivity index (χ3v) is 3.34. The number of hydrogen-bond donors (Lipinski definition) is 1. The van der Waals surface area contributed by atoms with Crippen LogP contribution in [0.1, 0.15) is 28.8 Å². The van der Waals surface area contributed by atoms with Crippen LogP contribution in [0.15, 0.2) is 18.2 Å². The highest BCUT2D eigenvalue weighted by Gasteiger charge is 2.19. The summed E-state index contributed by atoms with van der Waals surface area (Å²) >= 11 is 0. The number of carboxylic acids is 1. The lowest BCUT2D eigenvalue weighted by Crippen LogP contribution is -2.21. The molecule has 1 heterocycles. The topological polar surface area (TPSA) is 49.8 Å². The van der Waals surface area contributed by atoms with Crippen LogP contribution >= 0.6 is 0 Å². The Hall–Kier alpha value is -1.55. The van der Waals surface area contributed by atoms with Crippen molar-refractivity contribution in [3.63, 3.8) is 0 Å². The molecule has 0 saturated carbocycles.